The first-order valence-electron chi connectivity index (χ1n) is 8.47. The second-order valence-electron chi connectivity index (χ2n) is 5.95. The zero-order valence-corrected chi connectivity index (χ0v) is 15.6. The fraction of sp³-hybridized carbons (Fsp3) is 0.100. The number of para-hydroxylation sites is 1. The molecule has 2 aromatic heterocycles. The number of thiazole rings is 1. The molecule has 0 aliphatic heterocycles. The van der Waals surface area contributed by atoms with Crippen LogP contribution in [0, 0.1) is 0 Å². The van der Waals surface area contributed by atoms with E-state index in [2.05, 4.69) is 15.3 Å². The summed E-state index contributed by atoms with van der Waals surface area (Å²) in [5, 5.41) is 4.97. The highest BCUT2D eigenvalue weighted by Crippen LogP contribution is 2.25. The zero-order valence-electron chi connectivity index (χ0n) is 14.8. The number of benzene rings is 2. The molecule has 0 aliphatic rings. The smallest absolute Gasteiger partial charge is 0.341 e. The van der Waals surface area contributed by atoms with E-state index in [9.17, 15) is 9.59 Å². The van der Waals surface area contributed by atoms with E-state index in [0.29, 0.717) is 16.2 Å². The minimum atomic E-state index is -1.00. The lowest BCUT2D eigenvalue weighted by atomic mass is 10.2. The predicted octanol–water partition coefficient (Wildman–Crippen LogP) is 4.14. The Labute approximate surface area is 164 Å². The standard InChI is InChI=1S/C20H15N3O4S/c1-12(27-19(25)14-8-5-9-16-17(14)21-11-26-16)18(24)23-20-22-15(10-28-20)13-6-3-2-4-7-13/h2-12H,1H3,(H,22,23,24). The Morgan fingerprint density at radius 2 is 1.96 bits per heavy atom. The van der Waals surface area contributed by atoms with Gasteiger partial charge in [-0.25, -0.2) is 14.8 Å². The van der Waals surface area contributed by atoms with Crippen LogP contribution in [0.4, 0.5) is 5.13 Å². The number of rotatable bonds is 5. The minimum Gasteiger partial charge on any atom is -0.449 e. The molecule has 0 fully saturated rings. The fourth-order valence-electron chi connectivity index (χ4n) is 2.61. The molecule has 1 atom stereocenters. The molecule has 28 heavy (non-hydrogen) atoms. The molecule has 140 valence electrons. The Bertz CT molecular complexity index is 1140. The number of amides is 1. The molecule has 0 radical (unpaired) electrons. The molecule has 1 unspecified atom stereocenters. The Morgan fingerprint density at radius 3 is 2.79 bits per heavy atom. The lowest BCUT2D eigenvalue weighted by Crippen LogP contribution is -2.30. The van der Waals surface area contributed by atoms with Crippen molar-refractivity contribution >= 4 is 39.4 Å². The second-order valence-corrected chi connectivity index (χ2v) is 6.80. The molecule has 4 aromatic rings. The van der Waals surface area contributed by atoms with Crippen LogP contribution in [-0.2, 0) is 9.53 Å². The lowest BCUT2D eigenvalue weighted by molar-refractivity contribution is -0.123. The first-order valence-corrected chi connectivity index (χ1v) is 9.35. The van der Waals surface area contributed by atoms with Gasteiger partial charge in [0.2, 0.25) is 0 Å². The van der Waals surface area contributed by atoms with E-state index in [4.69, 9.17) is 9.15 Å². The first-order chi connectivity index (χ1) is 13.6. The van der Waals surface area contributed by atoms with E-state index in [0.717, 1.165) is 11.3 Å². The van der Waals surface area contributed by atoms with Crippen LogP contribution in [0.2, 0.25) is 0 Å². The third-order valence-corrected chi connectivity index (χ3v) is 4.80. The number of carbonyl (C=O) groups excluding carboxylic acids is 2. The van der Waals surface area contributed by atoms with E-state index in [1.54, 1.807) is 18.2 Å². The van der Waals surface area contributed by atoms with Crippen molar-refractivity contribution in [3.8, 4) is 11.3 Å². The number of oxazole rings is 1. The van der Waals surface area contributed by atoms with Crippen molar-refractivity contribution in [1.82, 2.24) is 9.97 Å². The molecule has 2 aromatic carbocycles. The molecule has 4 rings (SSSR count). The third-order valence-electron chi connectivity index (χ3n) is 4.04. The molecule has 0 spiro atoms. The normalized spacial score (nSPS) is 11.9. The molecule has 0 saturated carbocycles. The zero-order chi connectivity index (χ0) is 19.5. The Hall–Kier alpha value is -3.52. The fourth-order valence-corrected chi connectivity index (χ4v) is 3.33. The summed E-state index contributed by atoms with van der Waals surface area (Å²) in [6.07, 6.45) is 0.253. The van der Waals surface area contributed by atoms with Crippen molar-refractivity contribution in [2.24, 2.45) is 0 Å². The van der Waals surface area contributed by atoms with Crippen LogP contribution >= 0.6 is 11.3 Å². The maximum Gasteiger partial charge on any atom is 0.341 e. The van der Waals surface area contributed by atoms with E-state index in [1.807, 2.05) is 35.7 Å². The van der Waals surface area contributed by atoms with Crippen LogP contribution in [0.3, 0.4) is 0 Å². The summed E-state index contributed by atoms with van der Waals surface area (Å²) < 4.78 is 10.5. The number of anilines is 1. The van der Waals surface area contributed by atoms with Gasteiger partial charge in [0.1, 0.15) is 5.52 Å². The molecule has 0 saturated heterocycles. The third kappa shape index (κ3) is 3.63. The number of esters is 1. The van der Waals surface area contributed by atoms with Gasteiger partial charge in [-0.3, -0.25) is 10.1 Å². The summed E-state index contributed by atoms with van der Waals surface area (Å²) >= 11 is 1.30. The number of hydrogen-bond donors (Lipinski definition) is 1. The largest absolute Gasteiger partial charge is 0.449 e. The lowest BCUT2D eigenvalue weighted by Gasteiger charge is -2.12. The van der Waals surface area contributed by atoms with Gasteiger partial charge in [0.15, 0.2) is 23.2 Å². The van der Waals surface area contributed by atoms with Crippen molar-refractivity contribution < 1.29 is 18.7 Å². The van der Waals surface area contributed by atoms with E-state index in [1.165, 1.54) is 24.7 Å². The number of nitrogens with zero attached hydrogens (tertiary/aromatic N) is 2. The second kappa shape index (κ2) is 7.61. The van der Waals surface area contributed by atoms with Gasteiger partial charge < -0.3 is 9.15 Å². The van der Waals surface area contributed by atoms with Crippen LogP contribution < -0.4 is 5.32 Å². The van der Waals surface area contributed by atoms with E-state index >= 15 is 0 Å². The van der Waals surface area contributed by atoms with Gasteiger partial charge in [-0.05, 0) is 19.1 Å². The van der Waals surface area contributed by atoms with Crippen LogP contribution in [0.1, 0.15) is 17.3 Å². The molecule has 1 amide bonds. The summed E-state index contributed by atoms with van der Waals surface area (Å²) in [6.45, 7) is 1.50. The number of fused-ring (bicyclic) bond motifs is 1. The van der Waals surface area contributed by atoms with Crippen LogP contribution in [-0.4, -0.2) is 27.9 Å². The van der Waals surface area contributed by atoms with Gasteiger partial charge in [0, 0.05) is 10.9 Å². The van der Waals surface area contributed by atoms with Gasteiger partial charge in [-0.1, -0.05) is 36.4 Å². The summed E-state index contributed by atoms with van der Waals surface area (Å²) in [5.41, 5.74) is 2.84. The number of carbonyl (C=O) groups is 2. The molecule has 7 nitrogen and oxygen atoms in total. The molecule has 8 heteroatoms. The minimum absolute atomic E-state index is 0.242. The van der Waals surface area contributed by atoms with Gasteiger partial charge in [0.05, 0.1) is 11.3 Å². The average molecular weight is 393 g/mol. The maximum absolute atomic E-state index is 12.4. The van der Waals surface area contributed by atoms with Crippen molar-refractivity contribution in [2.45, 2.75) is 13.0 Å². The predicted molar refractivity (Wildman–Crippen MR) is 105 cm³/mol. The van der Waals surface area contributed by atoms with Crippen LogP contribution in [0.25, 0.3) is 22.4 Å². The molecular weight excluding hydrogens is 378 g/mol. The van der Waals surface area contributed by atoms with Gasteiger partial charge >= 0.3 is 5.97 Å². The quantitative estimate of drug-likeness (QED) is 0.512. The molecule has 0 bridgehead atoms. The Kier molecular flexibility index (Phi) is 4.86. The number of hydrogen-bond acceptors (Lipinski definition) is 7. The SMILES string of the molecule is CC(OC(=O)c1cccc2ocnc12)C(=O)Nc1nc(-c2ccccc2)cs1. The maximum atomic E-state index is 12.4. The number of aromatic nitrogens is 2. The van der Waals surface area contributed by atoms with Crippen molar-refractivity contribution in [3.63, 3.8) is 0 Å². The summed E-state index contributed by atoms with van der Waals surface area (Å²) in [7, 11) is 0. The van der Waals surface area contributed by atoms with E-state index in [-0.39, 0.29) is 5.56 Å². The van der Waals surface area contributed by atoms with Crippen LogP contribution in [0.5, 0.6) is 0 Å². The van der Waals surface area contributed by atoms with Crippen molar-refractivity contribution in [3.05, 3.63) is 65.9 Å². The average Bonchev–Trinajstić information content (AvgIpc) is 3.37. The molecule has 1 N–H and O–H groups in total. The van der Waals surface area contributed by atoms with Gasteiger partial charge in [-0.2, -0.15) is 0 Å². The molecule has 0 aliphatic carbocycles. The van der Waals surface area contributed by atoms with Gasteiger partial charge in [-0.15, -0.1) is 11.3 Å². The molecule has 2 heterocycles. The Morgan fingerprint density at radius 1 is 1.14 bits per heavy atom. The van der Waals surface area contributed by atoms with E-state index < -0.39 is 18.0 Å². The summed E-state index contributed by atoms with van der Waals surface area (Å²) in [5.74, 6) is -1.11. The first kappa shape index (κ1) is 17.9. The van der Waals surface area contributed by atoms with Crippen LogP contribution in [0.15, 0.2) is 64.7 Å². The molecular formula is C20H15N3O4S. The highest BCUT2D eigenvalue weighted by Gasteiger charge is 2.22. The number of nitrogens with one attached hydrogen (secondary N) is 1. The highest BCUT2D eigenvalue weighted by molar-refractivity contribution is 7.14. The monoisotopic (exact) mass is 393 g/mol. The van der Waals surface area contributed by atoms with Crippen molar-refractivity contribution in [2.75, 3.05) is 5.32 Å². The number of ether oxygens (including phenoxy) is 1. The Balaban J connectivity index is 1.42. The van der Waals surface area contributed by atoms with Crippen molar-refractivity contribution in [1.29, 1.82) is 0 Å². The highest BCUT2D eigenvalue weighted by atomic mass is 32.1. The summed E-state index contributed by atoms with van der Waals surface area (Å²) in [6, 6.07) is 14.6. The topological polar surface area (TPSA) is 94.3 Å². The summed E-state index contributed by atoms with van der Waals surface area (Å²) in [4.78, 5) is 33.2. The van der Waals surface area contributed by atoms with Gasteiger partial charge in [0.25, 0.3) is 5.91 Å².